The maximum atomic E-state index is 12.7. The molecule has 2 heterocycles. The lowest BCUT2D eigenvalue weighted by Gasteiger charge is -2.35. The maximum absolute atomic E-state index is 12.7. The molecule has 0 unspecified atom stereocenters. The number of amides is 3. The zero-order valence-electron chi connectivity index (χ0n) is 17.6. The molecule has 6 nitrogen and oxygen atoms in total. The monoisotopic (exact) mass is 427 g/mol. The number of carbonyl (C=O) groups is 3. The van der Waals surface area contributed by atoms with Crippen LogP contribution in [-0.4, -0.2) is 60.2 Å². The second-order valence-corrected chi connectivity index (χ2v) is 8.73. The summed E-state index contributed by atoms with van der Waals surface area (Å²) >= 11 is 1.40. The van der Waals surface area contributed by atoms with Crippen LogP contribution < -0.4 is 5.32 Å². The first-order valence-electron chi connectivity index (χ1n) is 10.4. The second kappa shape index (κ2) is 10.4. The quantitative estimate of drug-likeness (QED) is 0.689. The Kier molecular flexibility index (Phi) is 7.63. The standard InChI is InChI=1S/C23H29N3O3S/c1-17(2)18-7-9-19(10-8-18)23(29)26-14-12-25(13-15-26)21(27)6-3-11-24-22(28)20-5-4-16-30-20/h4-5,7-10,16-17H,3,6,11-15H2,1-2H3,(H,24,28). The molecule has 1 aromatic carbocycles. The number of rotatable bonds is 7. The minimum absolute atomic E-state index is 0.0219. The Morgan fingerprint density at radius 2 is 1.67 bits per heavy atom. The smallest absolute Gasteiger partial charge is 0.261 e. The highest BCUT2D eigenvalue weighted by Crippen LogP contribution is 2.16. The van der Waals surface area contributed by atoms with Crippen LogP contribution in [-0.2, 0) is 4.79 Å². The van der Waals surface area contributed by atoms with Gasteiger partial charge < -0.3 is 15.1 Å². The van der Waals surface area contributed by atoms with Crippen LogP contribution in [0, 0.1) is 0 Å². The molecule has 3 amide bonds. The molecule has 7 heteroatoms. The molecule has 2 aromatic rings. The Hall–Kier alpha value is -2.67. The van der Waals surface area contributed by atoms with Gasteiger partial charge in [-0.15, -0.1) is 11.3 Å². The summed E-state index contributed by atoms with van der Waals surface area (Å²) in [6.45, 7) is 6.94. The van der Waals surface area contributed by atoms with Gasteiger partial charge in [-0.25, -0.2) is 0 Å². The molecule has 1 aliphatic heterocycles. The molecule has 1 aliphatic rings. The van der Waals surface area contributed by atoms with E-state index in [0.717, 1.165) is 0 Å². The highest BCUT2D eigenvalue weighted by atomic mass is 32.1. The van der Waals surface area contributed by atoms with E-state index in [-0.39, 0.29) is 17.7 Å². The summed E-state index contributed by atoms with van der Waals surface area (Å²) in [5.41, 5.74) is 1.91. The van der Waals surface area contributed by atoms with Crippen LogP contribution in [0.5, 0.6) is 0 Å². The van der Waals surface area contributed by atoms with Gasteiger partial charge in [-0.2, -0.15) is 0 Å². The van der Waals surface area contributed by atoms with E-state index in [1.165, 1.54) is 16.9 Å². The average molecular weight is 428 g/mol. The Balaban J connectivity index is 1.38. The van der Waals surface area contributed by atoms with Crippen molar-refractivity contribution in [3.63, 3.8) is 0 Å². The SMILES string of the molecule is CC(C)c1ccc(C(=O)N2CCN(C(=O)CCCNC(=O)c3cccs3)CC2)cc1. The van der Waals surface area contributed by atoms with Crippen molar-refractivity contribution in [2.45, 2.75) is 32.6 Å². The molecule has 0 radical (unpaired) electrons. The predicted octanol–water partition coefficient (Wildman–Crippen LogP) is 3.37. The van der Waals surface area contributed by atoms with Crippen LogP contribution in [0.15, 0.2) is 41.8 Å². The number of nitrogens with one attached hydrogen (secondary N) is 1. The molecule has 0 spiro atoms. The number of piperazine rings is 1. The number of hydrogen-bond donors (Lipinski definition) is 1. The van der Waals surface area contributed by atoms with Crippen LogP contribution in [0.1, 0.15) is 58.2 Å². The topological polar surface area (TPSA) is 69.7 Å². The molecule has 1 fully saturated rings. The van der Waals surface area contributed by atoms with Crippen molar-refractivity contribution in [1.29, 1.82) is 0 Å². The highest BCUT2D eigenvalue weighted by Gasteiger charge is 2.24. The Bertz CT molecular complexity index is 854. The van der Waals surface area contributed by atoms with Crippen LogP contribution >= 0.6 is 11.3 Å². The molecule has 160 valence electrons. The molecule has 0 bridgehead atoms. The van der Waals surface area contributed by atoms with E-state index in [1.807, 2.05) is 45.5 Å². The van der Waals surface area contributed by atoms with Gasteiger partial charge in [0.15, 0.2) is 0 Å². The van der Waals surface area contributed by atoms with Gasteiger partial charge in [0, 0.05) is 44.7 Å². The molecule has 0 aliphatic carbocycles. The first-order valence-corrected chi connectivity index (χ1v) is 11.3. The lowest BCUT2D eigenvalue weighted by Crippen LogP contribution is -2.50. The van der Waals surface area contributed by atoms with Gasteiger partial charge in [0.2, 0.25) is 5.91 Å². The third-order valence-corrected chi connectivity index (χ3v) is 6.21. The van der Waals surface area contributed by atoms with E-state index in [9.17, 15) is 14.4 Å². The zero-order chi connectivity index (χ0) is 21.5. The van der Waals surface area contributed by atoms with Crippen LogP contribution in [0.25, 0.3) is 0 Å². The maximum Gasteiger partial charge on any atom is 0.261 e. The summed E-state index contributed by atoms with van der Waals surface area (Å²) in [6.07, 6.45) is 1.01. The molecular formula is C23H29N3O3S. The number of nitrogens with zero attached hydrogens (tertiary/aromatic N) is 2. The van der Waals surface area contributed by atoms with Crippen molar-refractivity contribution >= 4 is 29.1 Å². The van der Waals surface area contributed by atoms with E-state index < -0.39 is 0 Å². The van der Waals surface area contributed by atoms with E-state index >= 15 is 0 Å². The number of thiophene rings is 1. The molecule has 1 saturated heterocycles. The fraction of sp³-hybridized carbons (Fsp3) is 0.435. The van der Waals surface area contributed by atoms with Gasteiger partial charge in [-0.1, -0.05) is 32.0 Å². The highest BCUT2D eigenvalue weighted by molar-refractivity contribution is 7.12. The van der Waals surface area contributed by atoms with Crippen LogP contribution in [0.3, 0.4) is 0 Å². The first kappa shape index (κ1) is 22.0. The Labute approximate surface area is 181 Å². The normalized spacial score (nSPS) is 14.1. The van der Waals surface area contributed by atoms with Gasteiger partial charge in [0.1, 0.15) is 0 Å². The fourth-order valence-corrected chi connectivity index (χ4v) is 4.09. The predicted molar refractivity (Wildman–Crippen MR) is 119 cm³/mol. The molecule has 0 atom stereocenters. The van der Waals surface area contributed by atoms with Crippen LogP contribution in [0.4, 0.5) is 0 Å². The lowest BCUT2D eigenvalue weighted by molar-refractivity contribution is -0.132. The van der Waals surface area contributed by atoms with E-state index in [1.54, 1.807) is 6.07 Å². The summed E-state index contributed by atoms with van der Waals surface area (Å²) in [5, 5.41) is 4.71. The summed E-state index contributed by atoms with van der Waals surface area (Å²) < 4.78 is 0. The third kappa shape index (κ3) is 5.69. The summed E-state index contributed by atoms with van der Waals surface area (Å²) in [5.74, 6) is 0.446. The largest absolute Gasteiger partial charge is 0.351 e. The molecule has 1 aromatic heterocycles. The minimum atomic E-state index is -0.0917. The number of benzene rings is 1. The molecular weight excluding hydrogens is 398 g/mol. The number of carbonyl (C=O) groups excluding carboxylic acids is 3. The van der Waals surface area contributed by atoms with E-state index in [4.69, 9.17) is 0 Å². The fourth-order valence-electron chi connectivity index (χ4n) is 3.45. The van der Waals surface area contributed by atoms with Crippen molar-refractivity contribution < 1.29 is 14.4 Å². The second-order valence-electron chi connectivity index (χ2n) is 7.79. The van der Waals surface area contributed by atoms with Gasteiger partial charge >= 0.3 is 0 Å². The molecule has 3 rings (SSSR count). The minimum Gasteiger partial charge on any atom is -0.351 e. The van der Waals surface area contributed by atoms with Crippen molar-refractivity contribution in [2.75, 3.05) is 32.7 Å². The summed E-state index contributed by atoms with van der Waals surface area (Å²) in [4.78, 5) is 41.3. The van der Waals surface area contributed by atoms with Crippen molar-refractivity contribution in [3.8, 4) is 0 Å². The molecule has 1 N–H and O–H groups in total. The third-order valence-electron chi connectivity index (χ3n) is 5.34. The van der Waals surface area contributed by atoms with Gasteiger partial charge in [0.25, 0.3) is 11.8 Å². The number of hydrogen-bond acceptors (Lipinski definition) is 4. The van der Waals surface area contributed by atoms with E-state index in [0.29, 0.717) is 61.9 Å². The molecule has 0 saturated carbocycles. The average Bonchev–Trinajstić information content (AvgIpc) is 3.31. The Morgan fingerprint density at radius 3 is 2.27 bits per heavy atom. The van der Waals surface area contributed by atoms with Gasteiger partial charge in [0.05, 0.1) is 4.88 Å². The molecule has 30 heavy (non-hydrogen) atoms. The van der Waals surface area contributed by atoms with Gasteiger partial charge in [-0.3, -0.25) is 14.4 Å². The first-order chi connectivity index (χ1) is 14.5. The van der Waals surface area contributed by atoms with Crippen molar-refractivity contribution in [3.05, 3.63) is 57.8 Å². The van der Waals surface area contributed by atoms with Crippen LogP contribution in [0.2, 0.25) is 0 Å². The van der Waals surface area contributed by atoms with E-state index in [2.05, 4.69) is 19.2 Å². The zero-order valence-corrected chi connectivity index (χ0v) is 18.4. The van der Waals surface area contributed by atoms with Crippen molar-refractivity contribution in [1.82, 2.24) is 15.1 Å². The van der Waals surface area contributed by atoms with Gasteiger partial charge in [-0.05, 0) is 41.5 Å². The van der Waals surface area contributed by atoms with Crippen molar-refractivity contribution in [2.24, 2.45) is 0 Å². The Morgan fingerprint density at radius 1 is 1.00 bits per heavy atom. The lowest BCUT2D eigenvalue weighted by atomic mass is 10.0. The summed E-state index contributed by atoms with van der Waals surface area (Å²) in [6, 6.07) is 11.4. The summed E-state index contributed by atoms with van der Waals surface area (Å²) in [7, 11) is 0.